The SMILES string of the molecule is O=c1c(-c2nccn2CCSc2ccccc2)ccc2n1C[C@@H]1CNC[C@H]2C1. The summed E-state index contributed by atoms with van der Waals surface area (Å²) >= 11 is 1.82. The van der Waals surface area contributed by atoms with Gasteiger partial charge in [0, 0.05) is 54.3 Å². The highest BCUT2D eigenvalue weighted by molar-refractivity contribution is 7.99. The number of aryl methyl sites for hydroxylation is 1. The van der Waals surface area contributed by atoms with Gasteiger partial charge in [0.25, 0.3) is 5.56 Å². The molecule has 1 saturated heterocycles. The molecule has 5 rings (SSSR count). The van der Waals surface area contributed by atoms with Gasteiger partial charge in [0.2, 0.25) is 0 Å². The molecule has 0 radical (unpaired) electrons. The fourth-order valence-corrected chi connectivity index (χ4v) is 5.35. The van der Waals surface area contributed by atoms with Gasteiger partial charge in [-0.25, -0.2) is 4.98 Å². The molecule has 4 heterocycles. The molecule has 2 bridgehead atoms. The van der Waals surface area contributed by atoms with E-state index in [1.165, 1.54) is 17.0 Å². The van der Waals surface area contributed by atoms with E-state index in [4.69, 9.17) is 0 Å². The molecule has 3 aromatic rings. The molecule has 0 saturated carbocycles. The maximum Gasteiger partial charge on any atom is 0.261 e. The minimum absolute atomic E-state index is 0.109. The van der Waals surface area contributed by atoms with Crippen molar-refractivity contribution in [2.24, 2.45) is 5.92 Å². The van der Waals surface area contributed by atoms with Crippen LogP contribution in [0.4, 0.5) is 0 Å². The summed E-state index contributed by atoms with van der Waals surface area (Å²) in [5.74, 6) is 2.73. The Morgan fingerprint density at radius 3 is 2.93 bits per heavy atom. The summed E-state index contributed by atoms with van der Waals surface area (Å²) in [7, 11) is 0. The van der Waals surface area contributed by atoms with Gasteiger partial charge in [-0.1, -0.05) is 18.2 Å². The van der Waals surface area contributed by atoms with Gasteiger partial charge in [-0.15, -0.1) is 11.8 Å². The quantitative estimate of drug-likeness (QED) is 0.678. The Bertz CT molecular complexity index is 1030. The van der Waals surface area contributed by atoms with Gasteiger partial charge >= 0.3 is 0 Å². The van der Waals surface area contributed by atoms with Crippen LogP contribution in [0.5, 0.6) is 0 Å². The Morgan fingerprint density at radius 1 is 1.14 bits per heavy atom. The Labute approximate surface area is 168 Å². The van der Waals surface area contributed by atoms with Crippen molar-refractivity contribution in [3.05, 3.63) is 70.9 Å². The summed E-state index contributed by atoms with van der Waals surface area (Å²) in [5.41, 5.74) is 2.00. The number of nitrogens with one attached hydrogen (secondary N) is 1. The van der Waals surface area contributed by atoms with Crippen LogP contribution in [0.25, 0.3) is 11.4 Å². The Morgan fingerprint density at radius 2 is 2.04 bits per heavy atom. The summed E-state index contributed by atoms with van der Waals surface area (Å²) in [6.45, 7) is 3.62. The number of benzene rings is 1. The van der Waals surface area contributed by atoms with Gasteiger partial charge in [-0.2, -0.15) is 0 Å². The summed E-state index contributed by atoms with van der Waals surface area (Å²) in [4.78, 5) is 19.1. The van der Waals surface area contributed by atoms with Gasteiger partial charge in [0.05, 0.1) is 5.56 Å². The van der Waals surface area contributed by atoms with E-state index in [-0.39, 0.29) is 5.56 Å². The van der Waals surface area contributed by atoms with E-state index in [0.717, 1.165) is 37.8 Å². The zero-order chi connectivity index (χ0) is 18.9. The topological polar surface area (TPSA) is 51.9 Å². The first-order valence-electron chi connectivity index (χ1n) is 9.93. The molecule has 0 spiro atoms. The van der Waals surface area contributed by atoms with E-state index >= 15 is 0 Å². The average Bonchev–Trinajstić information content (AvgIpc) is 3.18. The average molecular weight is 393 g/mol. The number of piperidine rings is 1. The molecule has 2 aromatic heterocycles. The molecular formula is C22H24N4OS. The molecule has 1 aromatic carbocycles. The van der Waals surface area contributed by atoms with E-state index in [1.54, 1.807) is 6.20 Å². The highest BCUT2D eigenvalue weighted by Gasteiger charge is 2.31. The molecule has 0 aliphatic carbocycles. The van der Waals surface area contributed by atoms with E-state index in [9.17, 15) is 4.79 Å². The highest BCUT2D eigenvalue weighted by Crippen LogP contribution is 2.32. The van der Waals surface area contributed by atoms with Crippen molar-refractivity contribution in [1.82, 2.24) is 19.4 Å². The minimum Gasteiger partial charge on any atom is -0.330 e. The number of hydrogen-bond donors (Lipinski definition) is 1. The van der Waals surface area contributed by atoms with E-state index in [2.05, 4.69) is 45.2 Å². The normalized spacial score (nSPS) is 20.7. The fourth-order valence-electron chi connectivity index (χ4n) is 4.47. The molecule has 0 amide bonds. The Kier molecular flexibility index (Phi) is 4.82. The lowest BCUT2D eigenvalue weighted by atomic mass is 9.84. The lowest BCUT2D eigenvalue weighted by Crippen LogP contribution is -2.45. The van der Waals surface area contributed by atoms with Crippen molar-refractivity contribution >= 4 is 11.8 Å². The number of hydrogen-bond acceptors (Lipinski definition) is 4. The first-order valence-corrected chi connectivity index (χ1v) is 10.9. The lowest BCUT2D eigenvalue weighted by molar-refractivity contribution is 0.257. The molecule has 2 atom stereocenters. The number of aromatic nitrogens is 3. The highest BCUT2D eigenvalue weighted by atomic mass is 32.2. The van der Waals surface area contributed by atoms with Crippen molar-refractivity contribution < 1.29 is 0 Å². The van der Waals surface area contributed by atoms with Crippen molar-refractivity contribution in [2.45, 2.75) is 30.3 Å². The van der Waals surface area contributed by atoms with Crippen LogP contribution in [0, 0.1) is 5.92 Å². The number of imidazole rings is 1. The Hall–Kier alpha value is -2.31. The third-order valence-electron chi connectivity index (χ3n) is 5.81. The van der Waals surface area contributed by atoms with Crippen LogP contribution >= 0.6 is 11.8 Å². The van der Waals surface area contributed by atoms with Gasteiger partial charge in [0.15, 0.2) is 0 Å². The number of pyridine rings is 1. The molecule has 0 unspecified atom stereocenters. The molecule has 2 aliphatic rings. The zero-order valence-corrected chi connectivity index (χ0v) is 16.6. The third kappa shape index (κ3) is 3.31. The number of nitrogens with zero attached hydrogens (tertiary/aromatic N) is 3. The smallest absolute Gasteiger partial charge is 0.261 e. The summed E-state index contributed by atoms with van der Waals surface area (Å²) in [6, 6.07) is 14.5. The Balaban J connectivity index is 1.39. The van der Waals surface area contributed by atoms with Crippen LogP contribution in [-0.4, -0.2) is 33.0 Å². The van der Waals surface area contributed by atoms with E-state index in [0.29, 0.717) is 17.4 Å². The number of rotatable bonds is 5. The predicted molar refractivity (Wildman–Crippen MR) is 113 cm³/mol. The monoisotopic (exact) mass is 392 g/mol. The number of fused-ring (bicyclic) bond motifs is 4. The van der Waals surface area contributed by atoms with Crippen LogP contribution in [0.15, 0.2) is 64.5 Å². The minimum atomic E-state index is 0.109. The summed E-state index contributed by atoms with van der Waals surface area (Å²) < 4.78 is 4.11. The van der Waals surface area contributed by atoms with Crippen LogP contribution in [0.1, 0.15) is 18.0 Å². The molecule has 1 N–H and O–H groups in total. The fraction of sp³-hybridized carbons (Fsp3) is 0.364. The van der Waals surface area contributed by atoms with E-state index < -0.39 is 0 Å². The maximum atomic E-state index is 13.3. The molecule has 2 aliphatic heterocycles. The second kappa shape index (κ2) is 7.60. The van der Waals surface area contributed by atoms with Crippen LogP contribution in [0.2, 0.25) is 0 Å². The maximum absolute atomic E-state index is 13.3. The standard InChI is InChI=1S/C22H24N4OS/c27-22-19(6-7-20-17-12-16(13-23-14-17)15-26(20)22)21-24-8-9-25(21)10-11-28-18-4-2-1-3-5-18/h1-9,16-17,23H,10-15H2/t16-,17+/m0/s1. The van der Waals surface area contributed by atoms with Crippen molar-refractivity contribution in [2.75, 3.05) is 18.8 Å². The largest absolute Gasteiger partial charge is 0.330 e. The van der Waals surface area contributed by atoms with E-state index in [1.807, 2.05) is 34.7 Å². The second-order valence-corrected chi connectivity index (χ2v) is 8.82. The molecule has 5 nitrogen and oxygen atoms in total. The number of thioether (sulfide) groups is 1. The lowest BCUT2D eigenvalue weighted by Gasteiger charge is -2.37. The van der Waals surface area contributed by atoms with Crippen molar-refractivity contribution in [3.63, 3.8) is 0 Å². The molecule has 1 fully saturated rings. The summed E-state index contributed by atoms with van der Waals surface area (Å²) in [6.07, 6.45) is 4.96. The first-order chi connectivity index (χ1) is 13.8. The molecule has 144 valence electrons. The van der Waals surface area contributed by atoms with Crippen LogP contribution in [-0.2, 0) is 13.1 Å². The van der Waals surface area contributed by atoms with Gasteiger partial charge in [-0.3, -0.25) is 4.79 Å². The third-order valence-corrected chi connectivity index (χ3v) is 6.80. The molecule has 6 heteroatoms. The zero-order valence-electron chi connectivity index (χ0n) is 15.8. The van der Waals surface area contributed by atoms with Crippen LogP contribution in [0.3, 0.4) is 0 Å². The van der Waals surface area contributed by atoms with Crippen molar-refractivity contribution in [3.8, 4) is 11.4 Å². The van der Waals surface area contributed by atoms with Gasteiger partial charge in [-0.05, 0) is 43.1 Å². The summed E-state index contributed by atoms with van der Waals surface area (Å²) in [5, 5.41) is 3.50. The molecular weight excluding hydrogens is 368 g/mol. The second-order valence-electron chi connectivity index (χ2n) is 7.65. The van der Waals surface area contributed by atoms with Gasteiger partial charge < -0.3 is 14.5 Å². The van der Waals surface area contributed by atoms with Crippen LogP contribution < -0.4 is 10.9 Å². The predicted octanol–water partition coefficient (Wildman–Crippen LogP) is 3.21. The first kappa shape index (κ1) is 17.8. The van der Waals surface area contributed by atoms with Crippen molar-refractivity contribution in [1.29, 1.82) is 0 Å². The van der Waals surface area contributed by atoms with Gasteiger partial charge in [0.1, 0.15) is 5.82 Å². The molecule has 28 heavy (non-hydrogen) atoms.